The smallest absolute Gasteiger partial charge is 0.255 e. The molecule has 15 heteroatoms. The molecule has 1 unspecified atom stereocenters. The molecule has 2 aliphatic rings. The number of benzene rings is 6. The van der Waals surface area contributed by atoms with E-state index in [4.69, 9.17) is 28.4 Å². The lowest BCUT2D eigenvalue weighted by molar-refractivity contribution is -0.136. The minimum absolute atomic E-state index is 0.208. The van der Waals surface area contributed by atoms with Crippen molar-refractivity contribution in [2.24, 2.45) is 0 Å². The summed E-state index contributed by atoms with van der Waals surface area (Å²) >= 11 is 0. The van der Waals surface area contributed by atoms with Crippen molar-refractivity contribution in [1.82, 2.24) is 10.2 Å². The van der Waals surface area contributed by atoms with Gasteiger partial charge in [0, 0.05) is 53.5 Å². The van der Waals surface area contributed by atoms with E-state index in [1.165, 1.54) is 11.2 Å². The summed E-state index contributed by atoms with van der Waals surface area (Å²) in [7, 11) is -3.36. The second-order valence-corrected chi connectivity index (χ2v) is 17.8. The lowest BCUT2D eigenvalue weighted by Crippen LogP contribution is -2.52. The molecular weight excluding hydrogens is 863 g/mol. The van der Waals surface area contributed by atoms with E-state index in [2.05, 4.69) is 10.6 Å². The van der Waals surface area contributed by atoms with Crippen LogP contribution >= 0.6 is 0 Å². The lowest BCUT2D eigenvalue weighted by Gasteiger charge is -2.29. The van der Waals surface area contributed by atoms with Gasteiger partial charge in [0.15, 0.2) is 9.84 Å². The first kappa shape index (κ1) is 45.8. The van der Waals surface area contributed by atoms with Crippen molar-refractivity contribution in [3.63, 3.8) is 0 Å². The van der Waals surface area contributed by atoms with Crippen molar-refractivity contribution in [3.05, 3.63) is 144 Å². The van der Waals surface area contributed by atoms with Crippen molar-refractivity contribution in [3.8, 4) is 34.1 Å². The largest absolute Gasteiger partial charge is 0.491 e. The van der Waals surface area contributed by atoms with Crippen LogP contribution in [0, 0.1) is 0 Å². The zero-order chi connectivity index (χ0) is 45.9. The van der Waals surface area contributed by atoms with Gasteiger partial charge in [0.25, 0.3) is 5.91 Å². The predicted octanol–water partition coefficient (Wildman–Crippen LogP) is 7.58. The Bertz CT molecular complexity index is 2770. The maximum Gasteiger partial charge on any atom is 0.255 e. The van der Waals surface area contributed by atoms with Gasteiger partial charge in [-0.3, -0.25) is 19.7 Å². The number of hydrogen-bond donors (Lipinski definition) is 2. The van der Waals surface area contributed by atoms with Crippen molar-refractivity contribution < 1.29 is 51.2 Å². The molecule has 0 aromatic heterocycles. The van der Waals surface area contributed by atoms with E-state index < -0.39 is 21.8 Å². The Morgan fingerprint density at radius 1 is 0.682 bits per heavy atom. The molecule has 0 saturated carbocycles. The fourth-order valence-electron chi connectivity index (χ4n) is 7.82. The number of piperidine rings is 1. The van der Waals surface area contributed by atoms with Crippen LogP contribution < -0.4 is 24.8 Å². The molecule has 2 heterocycles. The van der Waals surface area contributed by atoms with E-state index in [1.807, 2.05) is 97.1 Å². The van der Waals surface area contributed by atoms with E-state index in [9.17, 15) is 22.8 Å². The molecule has 6 aromatic rings. The normalized spacial score (nSPS) is 14.8. The number of amides is 3. The third kappa shape index (κ3) is 11.5. The highest BCUT2D eigenvalue weighted by molar-refractivity contribution is 7.90. The van der Waals surface area contributed by atoms with E-state index in [0.717, 1.165) is 44.5 Å². The van der Waals surface area contributed by atoms with Crippen molar-refractivity contribution in [1.29, 1.82) is 0 Å². The second kappa shape index (κ2) is 21.5. The van der Waals surface area contributed by atoms with Gasteiger partial charge in [-0.2, -0.15) is 0 Å². The number of hydrogen-bond acceptors (Lipinski definition) is 12. The van der Waals surface area contributed by atoms with Crippen LogP contribution in [0.2, 0.25) is 0 Å². The summed E-state index contributed by atoms with van der Waals surface area (Å²) in [6.45, 7) is 4.02. The number of anilines is 1. The highest BCUT2D eigenvalue weighted by Crippen LogP contribution is 2.41. The van der Waals surface area contributed by atoms with Crippen molar-refractivity contribution in [2.75, 3.05) is 64.4 Å². The van der Waals surface area contributed by atoms with E-state index in [-0.39, 0.29) is 23.1 Å². The van der Waals surface area contributed by atoms with Crippen LogP contribution in [0.15, 0.2) is 132 Å². The third-order valence-corrected chi connectivity index (χ3v) is 12.3. The van der Waals surface area contributed by atoms with Gasteiger partial charge in [-0.1, -0.05) is 54.6 Å². The summed E-state index contributed by atoms with van der Waals surface area (Å²) in [6, 6.07) is 38.8. The van der Waals surface area contributed by atoms with Gasteiger partial charge in [0.2, 0.25) is 11.8 Å². The standard InChI is InChI=1S/C51H51N3O11S/c1-66(58,59)41-18-10-36(11-19-41)42-20-12-37-32-40(64-34-35-6-3-2-4-7-35)17-21-43(37)49(42)65-39-15-13-38(14-16-39)63-31-30-62-29-28-61-27-26-60-25-24-52-46-9-5-8-44-45(46)33-54(51(44)57)47-22-23-48(55)53-50(47)56/h2-21,32,47,52H,22-31,33-34H2,1H3,(H,53,55,56). The highest BCUT2D eigenvalue weighted by Gasteiger charge is 2.39. The maximum atomic E-state index is 13.1. The quantitative estimate of drug-likeness (QED) is 0.0507. The zero-order valence-corrected chi connectivity index (χ0v) is 37.3. The molecule has 6 aromatic carbocycles. The minimum atomic E-state index is -3.36. The summed E-state index contributed by atoms with van der Waals surface area (Å²) < 4.78 is 60.0. The van der Waals surface area contributed by atoms with E-state index in [1.54, 1.807) is 30.3 Å². The molecule has 0 aliphatic carbocycles. The molecule has 8 rings (SSSR count). The molecule has 1 atom stereocenters. The van der Waals surface area contributed by atoms with Crippen LogP contribution in [-0.4, -0.2) is 96.1 Å². The van der Waals surface area contributed by atoms with Crippen LogP contribution in [0.4, 0.5) is 5.69 Å². The molecular formula is C51H51N3O11S. The van der Waals surface area contributed by atoms with Gasteiger partial charge in [-0.25, -0.2) is 8.42 Å². The van der Waals surface area contributed by atoms with Crippen LogP contribution in [0.1, 0.15) is 34.3 Å². The van der Waals surface area contributed by atoms with Gasteiger partial charge in [0.05, 0.1) is 44.5 Å². The van der Waals surface area contributed by atoms with Gasteiger partial charge in [-0.15, -0.1) is 0 Å². The number of carbonyl (C=O) groups is 3. The molecule has 1 fully saturated rings. The monoisotopic (exact) mass is 913 g/mol. The topological polar surface area (TPSA) is 168 Å². The number of fused-ring (bicyclic) bond motifs is 2. The van der Waals surface area contributed by atoms with E-state index in [0.29, 0.717) is 95.2 Å². The fraction of sp³-hybridized carbons (Fsp3) is 0.275. The van der Waals surface area contributed by atoms with Crippen molar-refractivity contribution >= 4 is 44.0 Å². The summed E-state index contributed by atoms with van der Waals surface area (Å²) in [5.74, 6) is 1.65. The van der Waals surface area contributed by atoms with Gasteiger partial charge < -0.3 is 38.6 Å². The zero-order valence-electron chi connectivity index (χ0n) is 36.5. The van der Waals surface area contributed by atoms with Crippen LogP contribution in [-0.2, 0) is 46.8 Å². The average molecular weight is 914 g/mol. The van der Waals surface area contributed by atoms with Crippen LogP contribution in [0.25, 0.3) is 21.9 Å². The fourth-order valence-corrected chi connectivity index (χ4v) is 8.45. The first-order valence-corrected chi connectivity index (χ1v) is 23.7. The SMILES string of the molecule is CS(=O)(=O)c1ccc(-c2ccc3cc(OCc4ccccc4)ccc3c2Oc2ccc(OCCOCCOCCOCCNc3cccc4c3CN(C3CCC(=O)NC3=O)C4=O)cc2)cc1. The van der Waals surface area contributed by atoms with Gasteiger partial charge in [0.1, 0.15) is 42.3 Å². The third-order valence-electron chi connectivity index (χ3n) is 11.2. The Balaban J connectivity index is 0.748. The average Bonchev–Trinajstić information content (AvgIpc) is 3.66. The Kier molecular flexibility index (Phi) is 14.9. The number of nitrogens with one attached hydrogen (secondary N) is 2. The van der Waals surface area contributed by atoms with Gasteiger partial charge >= 0.3 is 0 Å². The molecule has 0 spiro atoms. The first-order valence-electron chi connectivity index (χ1n) is 21.8. The number of carbonyl (C=O) groups excluding carboxylic acids is 3. The Labute approximate surface area is 383 Å². The molecule has 2 N–H and O–H groups in total. The van der Waals surface area contributed by atoms with Crippen LogP contribution in [0.3, 0.4) is 0 Å². The van der Waals surface area contributed by atoms with E-state index >= 15 is 0 Å². The summed E-state index contributed by atoms with van der Waals surface area (Å²) in [4.78, 5) is 38.8. The summed E-state index contributed by atoms with van der Waals surface area (Å²) in [5.41, 5.74) is 4.88. The Morgan fingerprint density at radius 3 is 2.11 bits per heavy atom. The lowest BCUT2D eigenvalue weighted by atomic mass is 9.99. The molecule has 3 amide bonds. The molecule has 14 nitrogen and oxygen atoms in total. The molecule has 1 saturated heterocycles. The molecule has 0 radical (unpaired) electrons. The first-order chi connectivity index (χ1) is 32.1. The molecule has 2 aliphatic heterocycles. The Morgan fingerprint density at radius 2 is 1.38 bits per heavy atom. The highest BCUT2D eigenvalue weighted by atomic mass is 32.2. The predicted molar refractivity (Wildman–Crippen MR) is 249 cm³/mol. The summed E-state index contributed by atoms with van der Waals surface area (Å²) in [6.07, 6.45) is 1.72. The maximum absolute atomic E-state index is 13.1. The Hall–Kier alpha value is -6.78. The number of imide groups is 1. The van der Waals surface area contributed by atoms with Crippen LogP contribution in [0.5, 0.6) is 23.0 Å². The molecule has 342 valence electrons. The van der Waals surface area contributed by atoms with Gasteiger partial charge in [-0.05, 0) is 95.7 Å². The number of sulfone groups is 1. The number of ether oxygens (including phenoxy) is 6. The number of rotatable bonds is 22. The minimum Gasteiger partial charge on any atom is -0.491 e. The molecule has 0 bridgehead atoms. The number of nitrogens with zero attached hydrogens (tertiary/aromatic N) is 1. The molecule has 66 heavy (non-hydrogen) atoms. The summed E-state index contributed by atoms with van der Waals surface area (Å²) in [5, 5.41) is 7.45. The second-order valence-electron chi connectivity index (χ2n) is 15.8. The van der Waals surface area contributed by atoms with Crippen molar-refractivity contribution in [2.45, 2.75) is 36.9 Å².